The number of likely N-dealkylation sites (tertiary alicyclic amines) is 1. The second kappa shape index (κ2) is 12.9. The Balaban J connectivity index is 0.000000234. The predicted molar refractivity (Wildman–Crippen MR) is 121 cm³/mol. The molecule has 3 N–H and O–H groups in total. The fourth-order valence-electron chi connectivity index (χ4n) is 4.12. The Bertz CT molecular complexity index is 677. The van der Waals surface area contributed by atoms with Crippen LogP contribution in [0.15, 0.2) is 12.3 Å². The zero-order valence-corrected chi connectivity index (χ0v) is 20.1. The Kier molecular flexibility index (Phi) is 10.9. The molecule has 0 radical (unpaired) electrons. The van der Waals surface area contributed by atoms with E-state index in [1.54, 1.807) is 11.9 Å². The van der Waals surface area contributed by atoms with Gasteiger partial charge in [0.2, 0.25) is 11.8 Å². The Hall–Kier alpha value is -1.36. The second-order valence-electron chi connectivity index (χ2n) is 8.84. The van der Waals surface area contributed by atoms with Crippen LogP contribution in [-0.2, 0) is 14.3 Å². The minimum Gasteiger partial charge on any atom is -0.368 e. The number of piperidine rings is 1. The molecule has 0 aromatic rings. The van der Waals surface area contributed by atoms with Crippen LogP contribution in [0.5, 0.6) is 0 Å². The summed E-state index contributed by atoms with van der Waals surface area (Å²) in [6.45, 7) is 5.92. The molecule has 7 nitrogen and oxygen atoms in total. The molecule has 11 heteroatoms. The van der Waals surface area contributed by atoms with E-state index < -0.39 is 17.5 Å². The van der Waals surface area contributed by atoms with Gasteiger partial charge < -0.3 is 20.7 Å². The fraction of sp³-hybridized carbons (Fsp3) is 0.818. The summed E-state index contributed by atoms with van der Waals surface area (Å²) in [4.78, 5) is 24.6. The van der Waals surface area contributed by atoms with Crippen molar-refractivity contribution in [1.29, 1.82) is 0 Å². The number of ether oxygens (including phenoxy) is 1. The highest BCUT2D eigenvalue weighted by Gasteiger charge is 2.47. The van der Waals surface area contributed by atoms with Gasteiger partial charge in [-0.1, -0.05) is 13.5 Å². The first-order chi connectivity index (χ1) is 15.5. The van der Waals surface area contributed by atoms with Crippen LogP contribution in [0.3, 0.4) is 0 Å². The van der Waals surface area contributed by atoms with Gasteiger partial charge in [-0.2, -0.15) is 0 Å². The average Bonchev–Trinajstić information content (AvgIpc) is 2.78. The van der Waals surface area contributed by atoms with Gasteiger partial charge in [0.1, 0.15) is 12.8 Å². The molecule has 1 aliphatic carbocycles. The van der Waals surface area contributed by atoms with Crippen molar-refractivity contribution in [2.75, 3.05) is 33.3 Å². The molecule has 2 heterocycles. The van der Waals surface area contributed by atoms with Crippen molar-refractivity contribution in [2.45, 2.75) is 81.1 Å². The minimum atomic E-state index is -2.52. The number of rotatable bonds is 7. The number of likely N-dealkylation sites (N-methyl/N-ethyl adjacent to an activating group) is 1. The van der Waals surface area contributed by atoms with Gasteiger partial charge in [0, 0.05) is 25.2 Å². The quantitative estimate of drug-likeness (QED) is 0.471. The number of nitrogens with zero attached hydrogens (tertiary/aromatic N) is 1. The Labute approximate surface area is 198 Å². The van der Waals surface area contributed by atoms with Crippen LogP contribution in [-0.4, -0.2) is 85.7 Å². The average molecular weight is 497 g/mol. The lowest BCUT2D eigenvalue weighted by atomic mass is 9.94. The van der Waals surface area contributed by atoms with Crippen molar-refractivity contribution in [3.05, 3.63) is 12.3 Å². The van der Waals surface area contributed by atoms with Crippen LogP contribution < -0.4 is 16.0 Å². The number of alkyl halides is 4. The zero-order valence-electron chi connectivity index (χ0n) is 19.3. The Morgan fingerprint density at radius 3 is 2.52 bits per heavy atom. The number of carbonyl (C=O) groups is 2. The van der Waals surface area contributed by atoms with Gasteiger partial charge in [0.05, 0.1) is 30.6 Å². The molecule has 2 aliphatic heterocycles. The molecule has 3 rings (SSSR count). The highest BCUT2D eigenvalue weighted by molar-refractivity contribution is 6.21. The fourth-order valence-corrected chi connectivity index (χ4v) is 4.35. The molecule has 2 saturated heterocycles. The molecule has 33 heavy (non-hydrogen) atoms. The number of hydrogen-bond acceptors (Lipinski definition) is 5. The topological polar surface area (TPSA) is 82.7 Å². The van der Waals surface area contributed by atoms with Gasteiger partial charge in [-0.3, -0.25) is 14.5 Å². The first-order valence-corrected chi connectivity index (χ1v) is 11.9. The second-order valence-corrected chi connectivity index (χ2v) is 9.40. The van der Waals surface area contributed by atoms with Gasteiger partial charge >= 0.3 is 0 Å². The molecule has 190 valence electrons. The van der Waals surface area contributed by atoms with Crippen LogP contribution in [0, 0.1) is 0 Å². The van der Waals surface area contributed by atoms with Crippen molar-refractivity contribution >= 4 is 23.4 Å². The molecular formula is C22H36ClF3N4O3. The normalized spacial score (nSPS) is 31.4. The van der Waals surface area contributed by atoms with Crippen molar-refractivity contribution in [3.63, 3.8) is 0 Å². The standard InChI is InChI=1S/C12H19ClFNO2.C10H17F2N3O/c1-3-8(2)15-12(16)7-17-9-4-5-10(13)11(14)6-9;1-13-9(16)8-4-7(2-3-14-8)15-5-10(11,12)6-15/h9-11H,2-7H2,1H3,(H,15,16);7-8,14H,2-6H2,1H3,(H,13,16). The minimum absolute atomic E-state index is 0.0522. The number of amides is 2. The number of allylic oxidation sites excluding steroid dienone is 1. The molecule has 0 spiro atoms. The van der Waals surface area contributed by atoms with Gasteiger partial charge in [0.25, 0.3) is 5.92 Å². The maximum Gasteiger partial charge on any atom is 0.272 e. The third kappa shape index (κ3) is 9.07. The number of halogens is 4. The summed E-state index contributed by atoms with van der Waals surface area (Å²) in [5, 5.41) is 7.87. The van der Waals surface area contributed by atoms with E-state index >= 15 is 0 Å². The zero-order chi connectivity index (χ0) is 24.6. The van der Waals surface area contributed by atoms with Crippen molar-refractivity contribution < 1.29 is 27.5 Å². The van der Waals surface area contributed by atoms with E-state index in [1.165, 1.54) is 0 Å². The van der Waals surface area contributed by atoms with Crippen molar-refractivity contribution in [1.82, 2.24) is 20.9 Å². The van der Waals surface area contributed by atoms with Gasteiger partial charge in [0.15, 0.2) is 0 Å². The van der Waals surface area contributed by atoms with E-state index in [0.717, 1.165) is 6.42 Å². The van der Waals surface area contributed by atoms with Crippen LogP contribution >= 0.6 is 11.6 Å². The van der Waals surface area contributed by atoms with Crippen LogP contribution in [0.25, 0.3) is 0 Å². The molecule has 2 amide bonds. The van der Waals surface area contributed by atoms with Crippen LogP contribution in [0.4, 0.5) is 13.2 Å². The molecule has 0 aromatic carbocycles. The molecule has 1 saturated carbocycles. The molecular weight excluding hydrogens is 461 g/mol. The van der Waals surface area contributed by atoms with E-state index in [9.17, 15) is 22.8 Å². The summed E-state index contributed by atoms with van der Waals surface area (Å²) in [6, 6.07) is -0.124. The first kappa shape index (κ1) is 27.9. The third-order valence-corrected chi connectivity index (χ3v) is 6.65. The molecule has 3 aliphatic rings. The summed E-state index contributed by atoms with van der Waals surface area (Å²) in [7, 11) is 1.59. The SMILES string of the molecule is C=C(CC)NC(=O)COC1CCC(Cl)C(F)C1.CNC(=O)C1CC(N2CC(F)(F)C2)CCN1. The smallest absolute Gasteiger partial charge is 0.272 e. The van der Waals surface area contributed by atoms with Gasteiger partial charge in [-0.25, -0.2) is 13.2 Å². The largest absolute Gasteiger partial charge is 0.368 e. The van der Waals surface area contributed by atoms with E-state index in [0.29, 0.717) is 37.9 Å². The molecule has 3 fully saturated rings. The predicted octanol–water partition coefficient (Wildman–Crippen LogP) is 2.34. The monoisotopic (exact) mass is 496 g/mol. The van der Waals surface area contributed by atoms with E-state index in [-0.39, 0.29) is 56.1 Å². The molecule has 0 aromatic heterocycles. The number of nitrogens with one attached hydrogen (secondary N) is 3. The Morgan fingerprint density at radius 1 is 1.24 bits per heavy atom. The third-order valence-electron chi connectivity index (χ3n) is 6.16. The number of carbonyl (C=O) groups excluding carboxylic acids is 2. The van der Waals surface area contributed by atoms with E-state index in [2.05, 4.69) is 22.5 Å². The van der Waals surface area contributed by atoms with E-state index in [4.69, 9.17) is 16.3 Å². The van der Waals surface area contributed by atoms with Crippen LogP contribution in [0.1, 0.15) is 45.4 Å². The number of hydrogen-bond donors (Lipinski definition) is 3. The van der Waals surface area contributed by atoms with Gasteiger partial charge in [-0.15, -0.1) is 11.6 Å². The summed E-state index contributed by atoms with van der Waals surface area (Å²) in [5.74, 6) is -2.81. The lowest BCUT2D eigenvalue weighted by Gasteiger charge is -2.46. The van der Waals surface area contributed by atoms with Crippen molar-refractivity contribution in [2.24, 2.45) is 0 Å². The molecule has 5 unspecified atom stereocenters. The Morgan fingerprint density at radius 2 is 1.94 bits per heavy atom. The lowest BCUT2D eigenvalue weighted by Crippen LogP contribution is -2.63. The lowest BCUT2D eigenvalue weighted by molar-refractivity contribution is -0.151. The maximum atomic E-state index is 13.3. The highest BCUT2D eigenvalue weighted by Crippen LogP contribution is 2.31. The summed E-state index contributed by atoms with van der Waals surface area (Å²) in [5.41, 5.74) is 0.659. The van der Waals surface area contributed by atoms with Gasteiger partial charge in [-0.05, 0) is 38.6 Å². The molecule has 0 bridgehead atoms. The van der Waals surface area contributed by atoms with Crippen molar-refractivity contribution in [3.8, 4) is 0 Å². The van der Waals surface area contributed by atoms with Crippen LogP contribution in [0.2, 0.25) is 0 Å². The summed E-state index contributed by atoms with van der Waals surface area (Å²) < 4.78 is 44.1. The summed E-state index contributed by atoms with van der Waals surface area (Å²) in [6.07, 6.45) is 2.48. The summed E-state index contributed by atoms with van der Waals surface area (Å²) >= 11 is 5.76. The molecule has 5 atom stereocenters. The van der Waals surface area contributed by atoms with E-state index in [1.807, 2.05) is 6.92 Å². The highest BCUT2D eigenvalue weighted by atomic mass is 35.5. The maximum absolute atomic E-state index is 13.3. The first-order valence-electron chi connectivity index (χ1n) is 11.5.